The average Bonchev–Trinajstić information content (AvgIpc) is 2.79. The zero-order valence-corrected chi connectivity index (χ0v) is 16.4. The van der Waals surface area contributed by atoms with Crippen molar-refractivity contribution >= 4 is 11.5 Å². The normalized spacial score (nSPS) is 17.4. The van der Waals surface area contributed by atoms with Crippen molar-refractivity contribution in [2.75, 3.05) is 5.73 Å². The highest BCUT2D eigenvalue weighted by molar-refractivity contribution is 6.10. The van der Waals surface area contributed by atoms with Gasteiger partial charge in [-0.05, 0) is 36.3 Å². The molecule has 0 heterocycles. The number of ether oxygens (including phenoxy) is 1. The van der Waals surface area contributed by atoms with Gasteiger partial charge < -0.3 is 10.5 Å². The molecule has 2 N–H and O–H groups in total. The Balaban J connectivity index is 1.64. The zero-order valence-electron chi connectivity index (χ0n) is 16.4. The van der Waals surface area contributed by atoms with Crippen molar-refractivity contribution in [2.24, 2.45) is 0 Å². The largest absolute Gasteiger partial charge is 0.471 e. The smallest absolute Gasteiger partial charge is 0.192 e. The van der Waals surface area contributed by atoms with Crippen LogP contribution < -0.4 is 10.5 Å². The van der Waals surface area contributed by atoms with Gasteiger partial charge >= 0.3 is 0 Å². The molecular formula is C27H21NO2. The molecule has 0 aromatic heterocycles. The Morgan fingerprint density at radius 1 is 0.933 bits per heavy atom. The van der Waals surface area contributed by atoms with E-state index in [1.54, 1.807) is 12.1 Å². The molecule has 0 radical (unpaired) electrons. The lowest BCUT2D eigenvalue weighted by Gasteiger charge is -2.28. The van der Waals surface area contributed by atoms with Crippen LogP contribution in [0.2, 0.25) is 0 Å². The maximum absolute atomic E-state index is 12.8. The highest BCUT2D eigenvalue weighted by atomic mass is 16.5. The monoisotopic (exact) mass is 391 g/mol. The number of carbonyl (C=O) groups is 1. The van der Waals surface area contributed by atoms with Crippen LogP contribution in [0.25, 0.3) is 0 Å². The maximum atomic E-state index is 12.8. The summed E-state index contributed by atoms with van der Waals surface area (Å²) in [5, 5.41) is 0. The molecule has 3 aromatic carbocycles. The molecule has 146 valence electrons. The molecule has 0 spiro atoms. The first-order valence-corrected chi connectivity index (χ1v) is 9.75. The van der Waals surface area contributed by atoms with Gasteiger partial charge in [0, 0.05) is 34.9 Å². The van der Waals surface area contributed by atoms with Crippen LogP contribution in [0, 0.1) is 11.8 Å². The van der Waals surface area contributed by atoms with E-state index in [0.29, 0.717) is 29.0 Å². The molecule has 1 aliphatic rings. The third-order valence-electron chi connectivity index (χ3n) is 4.81. The summed E-state index contributed by atoms with van der Waals surface area (Å²) in [4.78, 5) is 12.8. The Bertz CT molecular complexity index is 1170. The summed E-state index contributed by atoms with van der Waals surface area (Å²) in [6.07, 6.45) is 6.00. The van der Waals surface area contributed by atoms with E-state index in [2.05, 4.69) is 11.8 Å². The number of ketones is 1. The van der Waals surface area contributed by atoms with Gasteiger partial charge in [-0.2, -0.15) is 0 Å². The lowest BCUT2D eigenvalue weighted by Crippen LogP contribution is -2.33. The number of carbonyl (C=O) groups excluding carboxylic acids is 1. The molecule has 0 bridgehead atoms. The summed E-state index contributed by atoms with van der Waals surface area (Å²) in [5.41, 5.74) is 7.84. The Kier molecular flexibility index (Phi) is 5.50. The number of allylic oxidation sites excluding steroid dienone is 2. The average molecular weight is 391 g/mol. The summed E-state index contributed by atoms with van der Waals surface area (Å²) < 4.78 is 6.28. The van der Waals surface area contributed by atoms with E-state index in [1.165, 1.54) is 0 Å². The van der Waals surface area contributed by atoms with E-state index in [1.807, 2.05) is 91.0 Å². The number of nitrogens with two attached hydrogens (primary N) is 1. The highest BCUT2D eigenvalue weighted by Gasteiger charge is 2.30. The fraction of sp³-hybridized carbons (Fsp3) is 0.0741. The van der Waals surface area contributed by atoms with E-state index < -0.39 is 5.60 Å². The molecule has 3 aromatic rings. The van der Waals surface area contributed by atoms with Gasteiger partial charge in [-0.15, -0.1) is 0 Å². The van der Waals surface area contributed by atoms with Crippen molar-refractivity contribution in [3.8, 4) is 17.6 Å². The Morgan fingerprint density at radius 2 is 1.67 bits per heavy atom. The van der Waals surface area contributed by atoms with Gasteiger partial charge in [0.15, 0.2) is 11.4 Å². The van der Waals surface area contributed by atoms with Gasteiger partial charge in [0.25, 0.3) is 0 Å². The minimum atomic E-state index is -0.885. The number of Topliss-reactive ketones (excluding diaryl/α,β-unsaturated/α-hetero) is 1. The van der Waals surface area contributed by atoms with E-state index in [4.69, 9.17) is 10.5 Å². The summed E-state index contributed by atoms with van der Waals surface area (Å²) >= 11 is 0. The van der Waals surface area contributed by atoms with Gasteiger partial charge in [0.1, 0.15) is 5.75 Å². The molecule has 0 saturated carbocycles. The van der Waals surface area contributed by atoms with Crippen LogP contribution in [-0.2, 0) is 0 Å². The van der Waals surface area contributed by atoms with Crippen molar-refractivity contribution in [3.05, 3.63) is 120 Å². The minimum absolute atomic E-state index is 0.0135. The third-order valence-corrected chi connectivity index (χ3v) is 4.81. The molecule has 0 saturated heterocycles. The first kappa shape index (κ1) is 19.3. The molecule has 4 rings (SSSR count). The fourth-order valence-corrected chi connectivity index (χ4v) is 3.23. The Hall–Kier alpha value is -4.03. The molecule has 1 unspecified atom stereocenters. The number of hydrogen-bond donors (Lipinski definition) is 1. The van der Waals surface area contributed by atoms with Crippen LogP contribution in [0.1, 0.15) is 22.3 Å². The first-order valence-electron chi connectivity index (χ1n) is 9.75. The lowest BCUT2D eigenvalue weighted by atomic mass is 9.89. The number of anilines is 1. The van der Waals surface area contributed by atoms with Crippen molar-refractivity contribution in [1.82, 2.24) is 0 Å². The quantitative estimate of drug-likeness (QED) is 0.377. The molecule has 0 aliphatic heterocycles. The van der Waals surface area contributed by atoms with Gasteiger partial charge in [0.05, 0.1) is 0 Å². The van der Waals surface area contributed by atoms with E-state index >= 15 is 0 Å². The summed E-state index contributed by atoms with van der Waals surface area (Å²) in [5.74, 6) is 7.08. The molecule has 1 atom stereocenters. The molecule has 0 amide bonds. The zero-order chi connectivity index (χ0) is 20.8. The molecule has 0 fully saturated rings. The second-order valence-corrected chi connectivity index (χ2v) is 7.07. The Morgan fingerprint density at radius 3 is 2.33 bits per heavy atom. The van der Waals surface area contributed by atoms with Crippen molar-refractivity contribution < 1.29 is 9.53 Å². The second kappa shape index (κ2) is 8.55. The van der Waals surface area contributed by atoms with Crippen LogP contribution in [0.5, 0.6) is 5.75 Å². The van der Waals surface area contributed by atoms with E-state index in [-0.39, 0.29) is 5.78 Å². The van der Waals surface area contributed by atoms with Crippen LogP contribution >= 0.6 is 0 Å². The van der Waals surface area contributed by atoms with Crippen molar-refractivity contribution in [3.63, 3.8) is 0 Å². The highest BCUT2D eigenvalue weighted by Crippen LogP contribution is 2.29. The van der Waals surface area contributed by atoms with Gasteiger partial charge in [0.2, 0.25) is 0 Å². The van der Waals surface area contributed by atoms with Gasteiger partial charge in [-0.25, -0.2) is 0 Å². The summed E-state index contributed by atoms with van der Waals surface area (Å²) in [6.45, 7) is 0. The third kappa shape index (κ3) is 4.51. The summed E-state index contributed by atoms with van der Waals surface area (Å²) in [7, 11) is 0. The predicted molar refractivity (Wildman–Crippen MR) is 120 cm³/mol. The fourth-order valence-electron chi connectivity index (χ4n) is 3.23. The lowest BCUT2D eigenvalue weighted by molar-refractivity contribution is 0.103. The molecule has 30 heavy (non-hydrogen) atoms. The molecule has 1 aliphatic carbocycles. The molecule has 3 heteroatoms. The van der Waals surface area contributed by atoms with Crippen LogP contribution in [0.4, 0.5) is 5.69 Å². The molecular weight excluding hydrogens is 370 g/mol. The second-order valence-electron chi connectivity index (χ2n) is 7.07. The van der Waals surface area contributed by atoms with Gasteiger partial charge in [-0.3, -0.25) is 4.79 Å². The van der Waals surface area contributed by atoms with Gasteiger partial charge in [-0.1, -0.05) is 72.7 Å². The standard InChI is InChI=1S/C27H21NO2/c28-24-12-7-13-25(20-24)30-27(17-14-21-8-3-1-4-9-21)18-15-23(16-19-27)26(29)22-10-5-2-6-11-22/h1-13,15-16,18,20H,19,28H2. The number of rotatable bonds is 4. The number of benzene rings is 3. The minimum Gasteiger partial charge on any atom is -0.471 e. The number of nitrogen functional groups attached to an aromatic ring is 1. The van der Waals surface area contributed by atoms with Crippen molar-refractivity contribution in [2.45, 2.75) is 12.0 Å². The molecule has 3 nitrogen and oxygen atoms in total. The SMILES string of the molecule is Nc1cccc(OC2(C#Cc3ccccc3)C=CC(C(=O)c3ccccc3)=CC2)c1. The van der Waals surface area contributed by atoms with Crippen molar-refractivity contribution in [1.29, 1.82) is 0 Å². The predicted octanol–water partition coefficient (Wildman–Crippen LogP) is 5.21. The van der Waals surface area contributed by atoms with E-state index in [9.17, 15) is 4.79 Å². The van der Waals surface area contributed by atoms with Crippen LogP contribution in [0.3, 0.4) is 0 Å². The Labute approximate surface area is 176 Å². The van der Waals surface area contributed by atoms with Crippen LogP contribution in [-0.4, -0.2) is 11.4 Å². The maximum Gasteiger partial charge on any atom is 0.192 e. The number of hydrogen-bond acceptors (Lipinski definition) is 3. The van der Waals surface area contributed by atoms with E-state index in [0.717, 1.165) is 5.56 Å². The topological polar surface area (TPSA) is 52.3 Å². The summed E-state index contributed by atoms with van der Waals surface area (Å²) in [6, 6.07) is 26.3. The first-order chi connectivity index (χ1) is 14.6. The van der Waals surface area contributed by atoms with Crippen LogP contribution in [0.15, 0.2) is 109 Å².